The van der Waals surface area contributed by atoms with Crippen LogP contribution in [0.2, 0.25) is 0 Å². The van der Waals surface area contributed by atoms with E-state index in [2.05, 4.69) is 34.3 Å². The predicted octanol–water partition coefficient (Wildman–Crippen LogP) is 3.46. The summed E-state index contributed by atoms with van der Waals surface area (Å²) >= 11 is 0. The number of nitrogens with one attached hydrogen (secondary N) is 1. The second-order valence-electron chi connectivity index (χ2n) is 6.80. The van der Waals surface area contributed by atoms with Crippen molar-refractivity contribution >= 4 is 17.5 Å². The van der Waals surface area contributed by atoms with Crippen molar-refractivity contribution in [2.24, 2.45) is 0 Å². The minimum Gasteiger partial charge on any atom is -0.379 e. The topological polar surface area (TPSA) is 54.7 Å². The molecule has 3 heterocycles. The summed E-state index contributed by atoms with van der Waals surface area (Å²) < 4.78 is 7.30. The van der Waals surface area contributed by atoms with Gasteiger partial charge in [-0.2, -0.15) is 0 Å². The summed E-state index contributed by atoms with van der Waals surface area (Å²) in [6.07, 6.45) is 12.2. The van der Waals surface area contributed by atoms with Crippen LogP contribution in [0.4, 0.5) is 5.82 Å². The van der Waals surface area contributed by atoms with Gasteiger partial charge in [0.2, 0.25) is 0 Å². The van der Waals surface area contributed by atoms with Gasteiger partial charge >= 0.3 is 0 Å². The molecule has 0 aromatic carbocycles. The van der Waals surface area contributed by atoms with Crippen LogP contribution in [0.1, 0.15) is 44.7 Å². The summed E-state index contributed by atoms with van der Waals surface area (Å²) in [5, 5.41) is 8.13. The lowest BCUT2D eigenvalue weighted by Crippen LogP contribution is -2.37. The van der Waals surface area contributed by atoms with Crippen LogP contribution >= 0.6 is 0 Å². The van der Waals surface area contributed by atoms with E-state index in [9.17, 15) is 0 Å². The zero-order valence-corrected chi connectivity index (χ0v) is 15.9. The van der Waals surface area contributed by atoms with Gasteiger partial charge in [0.1, 0.15) is 5.82 Å². The maximum atomic E-state index is 5.39. The highest BCUT2D eigenvalue weighted by atomic mass is 16.5. The van der Waals surface area contributed by atoms with E-state index in [1.165, 1.54) is 19.3 Å². The zero-order valence-electron chi connectivity index (χ0n) is 15.9. The molecule has 142 valence electrons. The number of rotatable bonds is 10. The predicted molar refractivity (Wildman–Crippen MR) is 107 cm³/mol. The van der Waals surface area contributed by atoms with E-state index in [0.29, 0.717) is 0 Å². The maximum Gasteiger partial charge on any atom is 0.154 e. The molecular weight excluding hydrogens is 326 g/mol. The molecule has 2 aromatic rings. The Bertz CT molecular complexity index is 691. The number of morpholine rings is 1. The summed E-state index contributed by atoms with van der Waals surface area (Å²) in [5.74, 6) is 0.901. The first-order valence-electron chi connectivity index (χ1n) is 9.92. The van der Waals surface area contributed by atoms with Crippen LogP contribution < -0.4 is 5.32 Å². The molecule has 2 aromatic heterocycles. The van der Waals surface area contributed by atoms with Gasteiger partial charge in [-0.15, -0.1) is 5.10 Å². The van der Waals surface area contributed by atoms with Crippen molar-refractivity contribution in [3.63, 3.8) is 0 Å². The highest BCUT2D eigenvalue weighted by molar-refractivity contribution is 5.53. The number of fused-ring (bicyclic) bond motifs is 1. The van der Waals surface area contributed by atoms with Crippen molar-refractivity contribution in [3.05, 3.63) is 30.1 Å². The molecule has 0 bridgehead atoms. The molecule has 0 saturated carbocycles. The summed E-state index contributed by atoms with van der Waals surface area (Å²) in [6, 6.07) is 4.03. The van der Waals surface area contributed by atoms with Gasteiger partial charge in [-0.05, 0) is 44.0 Å². The van der Waals surface area contributed by atoms with Crippen LogP contribution in [0.15, 0.2) is 24.4 Å². The Hall–Kier alpha value is -1.92. The molecule has 26 heavy (non-hydrogen) atoms. The van der Waals surface area contributed by atoms with Gasteiger partial charge in [-0.3, -0.25) is 4.90 Å². The zero-order chi connectivity index (χ0) is 18.0. The van der Waals surface area contributed by atoms with Gasteiger partial charge in [-0.1, -0.05) is 25.8 Å². The normalized spacial score (nSPS) is 15.9. The number of nitrogens with zero attached hydrogens (tertiary/aromatic N) is 4. The molecule has 6 heteroatoms. The minimum absolute atomic E-state index is 0.862. The van der Waals surface area contributed by atoms with Crippen molar-refractivity contribution in [1.82, 2.24) is 19.5 Å². The number of imidazole rings is 1. The molecule has 1 saturated heterocycles. The van der Waals surface area contributed by atoms with Gasteiger partial charge in [0.15, 0.2) is 5.65 Å². The number of hydrogen-bond acceptors (Lipinski definition) is 5. The van der Waals surface area contributed by atoms with E-state index in [-0.39, 0.29) is 0 Å². The van der Waals surface area contributed by atoms with Crippen molar-refractivity contribution in [3.8, 4) is 0 Å². The molecule has 1 aliphatic rings. The molecule has 0 aliphatic carbocycles. The van der Waals surface area contributed by atoms with E-state index in [1.807, 2.05) is 22.8 Å². The number of unbranched alkanes of at least 4 members (excludes halogenated alkanes) is 3. The van der Waals surface area contributed by atoms with E-state index >= 15 is 0 Å². The first kappa shape index (κ1) is 18.9. The lowest BCUT2D eigenvalue weighted by Gasteiger charge is -2.26. The average molecular weight is 358 g/mol. The lowest BCUT2D eigenvalue weighted by atomic mass is 10.2. The highest BCUT2D eigenvalue weighted by Crippen LogP contribution is 2.11. The first-order chi connectivity index (χ1) is 12.9. The van der Waals surface area contributed by atoms with E-state index in [4.69, 9.17) is 9.84 Å². The van der Waals surface area contributed by atoms with E-state index < -0.39 is 0 Å². The van der Waals surface area contributed by atoms with Gasteiger partial charge < -0.3 is 10.1 Å². The summed E-state index contributed by atoms with van der Waals surface area (Å²) in [7, 11) is 0. The molecule has 0 radical (unpaired) electrons. The van der Waals surface area contributed by atoms with Gasteiger partial charge in [0, 0.05) is 19.6 Å². The van der Waals surface area contributed by atoms with Crippen molar-refractivity contribution in [2.45, 2.75) is 39.0 Å². The highest BCUT2D eigenvalue weighted by Gasteiger charge is 2.09. The van der Waals surface area contributed by atoms with Crippen LogP contribution in [-0.2, 0) is 4.74 Å². The fraction of sp³-hybridized carbons (Fsp3) is 0.600. The molecular formula is C20H31N5O. The Balaban J connectivity index is 1.50. The van der Waals surface area contributed by atoms with E-state index in [0.717, 1.165) is 69.4 Å². The first-order valence-corrected chi connectivity index (χ1v) is 9.92. The van der Waals surface area contributed by atoms with Crippen molar-refractivity contribution in [2.75, 3.05) is 44.7 Å². The molecule has 0 amide bonds. The monoisotopic (exact) mass is 357 g/mol. The lowest BCUT2D eigenvalue weighted by molar-refractivity contribution is 0.0378. The van der Waals surface area contributed by atoms with Crippen molar-refractivity contribution < 1.29 is 4.74 Å². The number of anilines is 1. The number of aromatic nitrogens is 3. The summed E-state index contributed by atoms with van der Waals surface area (Å²) in [6.45, 7) is 8.08. The standard InChI is InChI=1S/C20H31N5O/c1-2-3-4-5-6-8-18-17-22-20-10-9-19(23-25(18)20)21-11-7-12-24-13-15-26-16-14-24/h6,8-10,17H,2-5,7,11-16H2,1H3,(H,21,23)/b8-6+. The summed E-state index contributed by atoms with van der Waals surface area (Å²) in [4.78, 5) is 6.89. The molecule has 1 aliphatic heterocycles. The Kier molecular flexibility index (Phi) is 7.46. The third kappa shape index (κ3) is 5.54. The summed E-state index contributed by atoms with van der Waals surface area (Å²) in [5.41, 5.74) is 1.92. The molecule has 1 N–H and O–H groups in total. The second-order valence-corrected chi connectivity index (χ2v) is 6.80. The molecule has 1 fully saturated rings. The Morgan fingerprint density at radius 1 is 1.19 bits per heavy atom. The molecule has 0 atom stereocenters. The van der Waals surface area contributed by atoms with Crippen LogP contribution in [0.5, 0.6) is 0 Å². The van der Waals surface area contributed by atoms with Crippen LogP contribution in [0.25, 0.3) is 11.7 Å². The number of hydrogen-bond donors (Lipinski definition) is 1. The van der Waals surface area contributed by atoms with Gasteiger partial charge in [0.25, 0.3) is 0 Å². The quantitative estimate of drug-likeness (QED) is 0.660. The fourth-order valence-electron chi connectivity index (χ4n) is 3.16. The SMILES string of the molecule is CCCCC/C=C/c1cnc2ccc(NCCCN3CCOCC3)nn12. The van der Waals surface area contributed by atoms with E-state index in [1.54, 1.807) is 0 Å². The van der Waals surface area contributed by atoms with Crippen LogP contribution in [-0.4, -0.2) is 58.9 Å². The molecule has 0 unspecified atom stereocenters. The third-order valence-electron chi connectivity index (χ3n) is 4.71. The van der Waals surface area contributed by atoms with Crippen molar-refractivity contribution in [1.29, 1.82) is 0 Å². The Morgan fingerprint density at radius 3 is 2.92 bits per heavy atom. The maximum absolute atomic E-state index is 5.39. The molecule has 3 rings (SSSR count). The van der Waals surface area contributed by atoms with Crippen LogP contribution in [0.3, 0.4) is 0 Å². The number of allylic oxidation sites excluding steroid dienone is 1. The van der Waals surface area contributed by atoms with Gasteiger partial charge in [-0.25, -0.2) is 9.50 Å². The number of ether oxygens (including phenoxy) is 1. The third-order valence-corrected chi connectivity index (χ3v) is 4.71. The van der Waals surface area contributed by atoms with Gasteiger partial charge in [0.05, 0.1) is 25.1 Å². The van der Waals surface area contributed by atoms with Crippen LogP contribution in [0, 0.1) is 0 Å². The fourth-order valence-corrected chi connectivity index (χ4v) is 3.16. The average Bonchev–Trinajstić information content (AvgIpc) is 3.08. The molecule has 6 nitrogen and oxygen atoms in total. The smallest absolute Gasteiger partial charge is 0.154 e. The minimum atomic E-state index is 0.862. The largest absolute Gasteiger partial charge is 0.379 e. The molecule has 0 spiro atoms. The Morgan fingerprint density at radius 2 is 2.08 bits per heavy atom. The Labute approximate surface area is 156 Å². The second kappa shape index (κ2) is 10.3.